The van der Waals surface area contributed by atoms with Crippen molar-refractivity contribution in [2.24, 2.45) is 0 Å². The van der Waals surface area contributed by atoms with Crippen LogP contribution in [-0.4, -0.2) is 15.9 Å². The standard InChI is InChI=1S/C22H16FN3O2S/c23-18-9-4-10-19-21(18)29-22(25-19)26(15-16-6-5-12-24-14-16)20(27)11-13-28-17-7-2-1-3-8-17/h1-14H,15H2. The molecular formula is C22H16FN3O2S. The number of fused-ring (bicyclic) bond motifs is 1. The second-order valence-electron chi connectivity index (χ2n) is 6.10. The smallest absolute Gasteiger partial charge is 0.256 e. The molecule has 0 N–H and O–H groups in total. The molecule has 4 rings (SSSR count). The molecule has 0 aliphatic heterocycles. The second kappa shape index (κ2) is 8.62. The first-order valence-electron chi connectivity index (χ1n) is 8.84. The van der Waals surface area contributed by atoms with Gasteiger partial charge in [0.05, 0.1) is 23.0 Å². The normalized spacial score (nSPS) is 11.1. The Morgan fingerprint density at radius 1 is 1.10 bits per heavy atom. The summed E-state index contributed by atoms with van der Waals surface area (Å²) in [6.45, 7) is 0.254. The zero-order valence-corrected chi connectivity index (χ0v) is 16.1. The number of nitrogens with zero attached hydrogens (tertiary/aromatic N) is 3. The first kappa shape index (κ1) is 18.8. The average Bonchev–Trinajstić information content (AvgIpc) is 3.19. The molecule has 0 aliphatic carbocycles. The van der Waals surface area contributed by atoms with E-state index in [0.29, 0.717) is 21.1 Å². The monoisotopic (exact) mass is 405 g/mol. The number of amides is 1. The molecule has 0 bridgehead atoms. The lowest BCUT2D eigenvalue weighted by Gasteiger charge is -2.18. The predicted molar refractivity (Wildman–Crippen MR) is 111 cm³/mol. The highest BCUT2D eigenvalue weighted by atomic mass is 32.1. The van der Waals surface area contributed by atoms with Gasteiger partial charge >= 0.3 is 0 Å². The average molecular weight is 405 g/mol. The predicted octanol–water partition coefficient (Wildman–Crippen LogP) is 4.96. The van der Waals surface area contributed by atoms with Crippen molar-refractivity contribution in [3.63, 3.8) is 0 Å². The Bertz CT molecular complexity index is 1150. The second-order valence-corrected chi connectivity index (χ2v) is 7.08. The maximum atomic E-state index is 14.1. The number of para-hydroxylation sites is 1. The number of hydrogen-bond acceptors (Lipinski definition) is 5. The molecule has 0 saturated carbocycles. The van der Waals surface area contributed by atoms with Crippen molar-refractivity contribution in [2.75, 3.05) is 4.90 Å². The topological polar surface area (TPSA) is 55.3 Å². The Hall–Kier alpha value is -3.58. The van der Waals surface area contributed by atoms with E-state index in [1.165, 1.54) is 23.3 Å². The first-order chi connectivity index (χ1) is 14.2. The summed E-state index contributed by atoms with van der Waals surface area (Å²) in [7, 11) is 0. The van der Waals surface area contributed by atoms with E-state index >= 15 is 0 Å². The van der Waals surface area contributed by atoms with Crippen molar-refractivity contribution in [1.82, 2.24) is 9.97 Å². The van der Waals surface area contributed by atoms with Crippen molar-refractivity contribution >= 4 is 32.6 Å². The van der Waals surface area contributed by atoms with Gasteiger partial charge in [0.1, 0.15) is 11.6 Å². The number of thiazole rings is 1. The molecule has 0 saturated heterocycles. The van der Waals surface area contributed by atoms with E-state index in [1.54, 1.807) is 42.7 Å². The van der Waals surface area contributed by atoms with Crippen molar-refractivity contribution in [1.29, 1.82) is 0 Å². The van der Waals surface area contributed by atoms with Gasteiger partial charge in [-0.25, -0.2) is 9.37 Å². The lowest BCUT2D eigenvalue weighted by Crippen LogP contribution is -2.28. The number of rotatable bonds is 6. The molecule has 0 radical (unpaired) electrons. The van der Waals surface area contributed by atoms with Crippen molar-refractivity contribution in [2.45, 2.75) is 6.54 Å². The van der Waals surface area contributed by atoms with Gasteiger partial charge in [0, 0.05) is 18.5 Å². The van der Waals surface area contributed by atoms with Crippen molar-refractivity contribution in [3.8, 4) is 5.75 Å². The minimum atomic E-state index is -0.358. The summed E-state index contributed by atoms with van der Waals surface area (Å²) in [6, 6.07) is 17.5. The van der Waals surface area contributed by atoms with Gasteiger partial charge in [0.15, 0.2) is 5.13 Å². The Kier molecular flexibility index (Phi) is 5.58. The van der Waals surface area contributed by atoms with Crippen LogP contribution in [0.5, 0.6) is 5.75 Å². The van der Waals surface area contributed by atoms with Gasteiger partial charge in [0.2, 0.25) is 0 Å². The van der Waals surface area contributed by atoms with Gasteiger partial charge in [-0.05, 0) is 35.9 Å². The third-order valence-corrected chi connectivity index (χ3v) is 5.18. The van der Waals surface area contributed by atoms with Crippen LogP contribution in [0.3, 0.4) is 0 Å². The van der Waals surface area contributed by atoms with Crippen LogP contribution in [0, 0.1) is 5.82 Å². The molecule has 0 atom stereocenters. The molecule has 5 nitrogen and oxygen atoms in total. The number of pyridine rings is 1. The van der Waals surface area contributed by atoms with E-state index in [9.17, 15) is 9.18 Å². The minimum absolute atomic E-state index is 0.254. The number of carbonyl (C=O) groups is 1. The zero-order valence-electron chi connectivity index (χ0n) is 15.2. The number of benzene rings is 2. The zero-order chi connectivity index (χ0) is 20.1. The summed E-state index contributed by atoms with van der Waals surface area (Å²) in [5, 5.41) is 0.406. The van der Waals surface area contributed by atoms with Gasteiger partial charge in [-0.1, -0.05) is 41.7 Å². The highest BCUT2D eigenvalue weighted by molar-refractivity contribution is 7.22. The summed E-state index contributed by atoms with van der Waals surface area (Å²) in [5.74, 6) is -0.0651. The molecule has 0 spiro atoms. The summed E-state index contributed by atoms with van der Waals surface area (Å²) in [6.07, 6.45) is 6.00. The highest BCUT2D eigenvalue weighted by Crippen LogP contribution is 2.31. The summed E-state index contributed by atoms with van der Waals surface area (Å²) < 4.78 is 20.0. The van der Waals surface area contributed by atoms with Crippen LogP contribution in [0.1, 0.15) is 5.56 Å². The summed E-state index contributed by atoms with van der Waals surface area (Å²) in [4.78, 5) is 22.9. The molecule has 4 aromatic rings. The van der Waals surface area contributed by atoms with E-state index in [-0.39, 0.29) is 18.3 Å². The molecule has 0 fully saturated rings. The molecular weight excluding hydrogens is 389 g/mol. The maximum absolute atomic E-state index is 14.1. The van der Waals surface area contributed by atoms with Crippen LogP contribution in [0.25, 0.3) is 10.2 Å². The molecule has 7 heteroatoms. The van der Waals surface area contributed by atoms with Crippen LogP contribution in [-0.2, 0) is 11.3 Å². The Balaban J connectivity index is 1.62. The van der Waals surface area contributed by atoms with Crippen molar-refractivity contribution < 1.29 is 13.9 Å². The van der Waals surface area contributed by atoms with Crippen LogP contribution < -0.4 is 9.64 Å². The molecule has 0 aliphatic rings. The Labute approximate surface area is 170 Å². The summed E-state index contributed by atoms with van der Waals surface area (Å²) in [5.41, 5.74) is 1.34. The third kappa shape index (κ3) is 4.47. The van der Waals surface area contributed by atoms with Gasteiger partial charge in [-0.2, -0.15) is 0 Å². The van der Waals surface area contributed by atoms with Gasteiger partial charge < -0.3 is 4.74 Å². The van der Waals surface area contributed by atoms with E-state index in [4.69, 9.17) is 4.74 Å². The molecule has 2 aromatic carbocycles. The highest BCUT2D eigenvalue weighted by Gasteiger charge is 2.19. The quantitative estimate of drug-likeness (QED) is 0.336. The van der Waals surface area contributed by atoms with Gasteiger partial charge in [-0.3, -0.25) is 14.7 Å². The largest absolute Gasteiger partial charge is 0.465 e. The molecule has 0 unspecified atom stereocenters. The Morgan fingerprint density at radius 2 is 1.97 bits per heavy atom. The van der Waals surface area contributed by atoms with Gasteiger partial charge in [0.25, 0.3) is 5.91 Å². The van der Waals surface area contributed by atoms with Crippen LogP contribution in [0.15, 0.2) is 85.4 Å². The van der Waals surface area contributed by atoms with Crippen LogP contribution >= 0.6 is 11.3 Å². The molecule has 29 heavy (non-hydrogen) atoms. The molecule has 1 amide bonds. The summed E-state index contributed by atoms with van der Waals surface area (Å²) >= 11 is 1.13. The molecule has 2 heterocycles. The number of anilines is 1. The minimum Gasteiger partial charge on any atom is -0.465 e. The fourth-order valence-corrected chi connectivity index (χ4v) is 3.67. The number of hydrogen-bond donors (Lipinski definition) is 0. The molecule has 2 aromatic heterocycles. The van der Waals surface area contributed by atoms with E-state index in [2.05, 4.69) is 9.97 Å². The number of carbonyl (C=O) groups excluding carboxylic acids is 1. The Morgan fingerprint density at radius 3 is 2.72 bits per heavy atom. The number of aromatic nitrogens is 2. The van der Waals surface area contributed by atoms with E-state index < -0.39 is 0 Å². The fourth-order valence-electron chi connectivity index (χ4n) is 2.69. The van der Waals surface area contributed by atoms with Crippen LogP contribution in [0.2, 0.25) is 0 Å². The van der Waals surface area contributed by atoms with E-state index in [0.717, 1.165) is 16.9 Å². The SMILES string of the molecule is O=C(C=COc1ccccc1)N(Cc1cccnc1)c1nc2cccc(F)c2s1. The lowest BCUT2D eigenvalue weighted by molar-refractivity contribution is -0.114. The number of ether oxygens (including phenoxy) is 1. The van der Waals surface area contributed by atoms with Crippen LogP contribution in [0.4, 0.5) is 9.52 Å². The van der Waals surface area contributed by atoms with E-state index in [1.807, 2.05) is 24.3 Å². The third-order valence-electron chi connectivity index (χ3n) is 4.07. The number of halogens is 1. The first-order valence-corrected chi connectivity index (χ1v) is 9.66. The van der Waals surface area contributed by atoms with Crippen molar-refractivity contribution in [3.05, 3.63) is 96.8 Å². The molecule has 144 valence electrons. The fraction of sp³-hybridized carbons (Fsp3) is 0.0455. The lowest BCUT2D eigenvalue weighted by atomic mass is 10.2. The van der Waals surface area contributed by atoms with Gasteiger partial charge in [-0.15, -0.1) is 0 Å². The maximum Gasteiger partial charge on any atom is 0.256 e.